The van der Waals surface area contributed by atoms with Crippen molar-refractivity contribution >= 4 is 27.3 Å². The van der Waals surface area contributed by atoms with Crippen LogP contribution in [-0.2, 0) is 11.3 Å². The molecule has 0 saturated carbocycles. The molecule has 2 heterocycles. The number of carbonyl (C=O) groups excluding carboxylic acids is 1. The molecule has 0 radical (unpaired) electrons. The fraction of sp³-hybridized carbons (Fsp3) is 0.267. The van der Waals surface area contributed by atoms with E-state index in [1.165, 1.54) is 0 Å². The van der Waals surface area contributed by atoms with Crippen molar-refractivity contribution in [2.24, 2.45) is 0 Å². The number of nitriles is 1. The van der Waals surface area contributed by atoms with Gasteiger partial charge in [-0.15, -0.1) is 11.3 Å². The number of carbonyl (C=O) groups is 1. The molecule has 5 rings (SSSR count). The molecule has 0 aliphatic carbocycles. The van der Waals surface area contributed by atoms with Gasteiger partial charge in [-0.25, -0.2) is 0 Å². The third kappa shape index (κ3) is 6.00. The lowest BCUT2D eigenvalue weighted by Crippen LogP contribution is -2.49. The summed E-state index contributed by atoms with van der Waals surface area (Å²) in [7, 11) is 1.67. The first-order valence-electron chi connectivity index (χ1n) is 12.4. The second-order valence-electron chi connectivity index (χ2n) is 9.13. The molecule has 1 fully saturated rings. The number of piperazine rings is 1. The second kappa shape index (κ2) is 11.6. The number of amides is 1. The minimum Gasteiger partial charge on any atom is -0.497 e. The van der Waals surface area contributed by atoms with Gasteiger partial charge >= 0.3 is 0 Å². The van der Waals surface area contributed by atoms with E-state index in [4.69, 9.17) is 14.7 Å². The molecule has 3 aromatic carbocycles. The van der Waals surface area contributed by atoms with Crippen LogP contribution in [0.2, 0.25) is 0 Å². The maximum absolute atomic E-state index is 13.2. The quantitative estimate of drug-likeness (QED) is 0.313. The van der Waals surface area contributed by atoms with Gasteiger partial charge in [-0.2, -0.15) is 5.26 Å². The van der Waals surface area contributed by atoms with Crippen LogP contribution in [0.15, 0.2) is 78.9 Å². The molecule has 188 valence electrons. The van der Waals surface area contributed by atoms with Crippen LogP contribution < -0.4 is 4.74 Å². The molecule has 1 aliphatic heterocycles. The van der Waals surface area contributed by atoms with E-state index in [2.05, 4.69) is 29.2 Å². The highest BCUT2D eigenvalue weighted by Gasteiger charge is 2.26. The highest BCUT2D eigenvalue weighted by molar-refractivity contribution is 7.20. The predicted octanol–water partition coefficient (Wildman–Crippen LogP) is 5.50. The smallest absolute Gasteiger partial charge is 0.264 e. The number of nitrogens with zero attached hydrogens (tertiary/aromatic N) is 3. The molecule has 37 heavy (non-hydrogen) atoms. The van der Waals surface area contributed by atoms with Crippen molar-refractivity contribution in [3.8, 4) is 11.8 Å². The summed E-state index contributed by atoms with van der Waals surface area (Å²) >= 11 is 1.56. The van der Waals surface area contributed by atoms with Crippen molar-refractivity contribution in [1.29, 1.82) is 5.26 Å². The number of hydrogen-bond acceptors (Lipinski definition) is 6. The van der Waals surface area contributed by atoms with Gasteiger partial charge in [0.2, 0.25) is 0 Å². The van der Waals surface area contributed by atoms with E-state index in [0.717, 1.165) is 44.9 Å². The Balaban J connectivity index is 1.23. The van der Waals surface area contributed by atoms with Crippen molar-refractivity contribution in [3.63, 3.8) is 0 Å². The Bertz CT molecular complexity index is 1370. The summed E-state index contributed by atoms with van der Waals surface area (Å²) in [5.41, 5.74) is 2.71. The van der Waals surface area contributed by atoms with Gasteiger partial charge in [0.15, 0.2) is 0 Å². The van der Waals surface area contributed by atoms with E-state index >= 15 is 0 Å². The predicted molar refractivity (Wildman–Crippen MR) is 146 cm³/mol. The number of methoxy groups -OCH3 is 1. The fourth-order valence-corrected chi connectivity index (χ4v) is 5.61. The van der Waals surface area contributed by atoms with E-state index in [1.54, 1.807) is 18.4 Å². The lowest BCUT2D eigenvalue weighted by molar-refractivity contribution is 0.00339. The van der Waals surface area contributed by atoms with Crippen LogP contribution in [0, 0.1) is 11.3 Å². The molecule has 0 spiro atoms. The lowest BCUT2D eigenvalue weighted by Gasteiger charge is -2.36. The topological polar surface area (TPSA) is 65.8 Å². The zero-order chi connectivity index (χ0) is 25.6. The molecular formula is C30H29N3O3S. The zero-order valence-electron chi connectivity index (χ0n) is 20.8. The first-order valence-corrected chi connectivity index (χ1v) is 13.2. The fourth-order valence-electron chi connectivity index (χ4n) is 4.58. The normalized spacial score (nSPS) is 14.9. The van der Waals surface area contributed by atoms with E-state index in [1.807, 2.05) is 65.6 Å². The average Bonchev–Trinajstić information content (AvgIpc) is 3.40. The second-order valence-corrected chi connectivity index (χ2v) is 10.2. The van der Waals surface area contributed by atoms with Gasteiger partial charge in [0.1, 0.15) is 5.75 Å². The van der Waals surface area contributed by atoms with Gasteiger partial charge < -0.3 is 14.4 Å². The van der Waals surface area contributed by atoms with Crippen LogP contribution in [0.3, 0.4) is 0 Å². The van der Waals surface area contributed by atoms with Gasteiger partial charge in [0, 0.05) is 37.4 Å². The molecule has 1 atom stereocenters. The van der Waals surface area contributed by atoms with Gasteiger partial charge in [-0.1, -0.05) is 42.5 Å². The number of hydrogen-bond donors (Lipinski definition) is 0. The van der Waals surface area contributed by atoms with Crippen molar-refractivity contribution in [2.45, 2.75) is 12.7 Å². The molecule has 1 amide bonds. The SMILES string of the molecule is COc1cccc([C@@H](CN2CCN(C(=O)c3cc4ccccc4s3)CC2)OCc2ccc(C#N)cc2)c1. The number of rotatable bonds is 8. The summed E-state index contributed by atoms with van der Waals surface area (Å²) in [4.78, 5) is 18.3. The first-order chi connectivity index (χ1) is 18.1. The van der Waals surface area contributed by atoms with Crippen LogP contribution >= 0.6 is 11.3 Å². The van der Waals surface area contributed by atoms with E-state index in [-0.39, 0.29) is 12.0 Å². The number of fused-ring (bicyclic) bond motifs is 1. The maximum atomic E-state index is 13.2. The maximum Gasteiger partial charge on any atom is 0.264 e. The van der Waals surface area contributed by atoms with Crippen molar-refractivity contribution in [2.75, 3.05) is 39.8 Å². The monoisotopic (exact) mass is 511 g/mol. The van der Waals surface area contributed by atoms with Crippen LogP contribution in [0.25, 0.3) is 10.1 Å². The van der Waals surface area contributed by atoms with E-state index in [0.29, 0.717) is 31.8 Å². The molecule has 6 nitrogen and oxygen atoms in total. The van der Waals surface area contributed by atoms with Crippen LogP contribution in [0.1, 0.15) is 32.5 Å². The number of benzene rings is 3. The van der Waals surface area contributed by atoms with Gasteiger partial charge in [0.05, 0.1) is 36.3 Å². The summed E-state index contributed by atoms with van der Waals surface area (Å²) in [5, 5.41) is 10.2. The molecule has 0 N–H and O–H groups in total. The van der Waals surface area contributed by atoms with Gasteiger partial charge in [-0.3, -0.25) is 9.69 Å². The molecule has 4 aromatic rings. The van der Waals surface area contributed by atoms with Crippen LogP contribution in [0.5, 0.6) is 5.75 Å². The number of thiophene rings is 1. The van der Waals surface area contributed by atoms with Gasteiger partial charge in [-0.05, 0) is 52.9 Å². The molecule has 7 heteroatoms. The largest absolute Gasteiger partial charge is 0.497 e. The van der Waals surface area contributed by atoms with Crippen molar-refractivity contribution in [3.05, 3.63) is 100 Å². The Morgan fingerprint density at radius 1 is 1.00 bits per heavy atom. The van der Waals surface area contributed by atoms with Gasteiger partial charge in [0.25, 0.3) is 5.91 Å². The van der Waals surface area contributed by atoms with Crippen molar-refractivity contribution in [1.82, 2.24) is 9.80 Å². The Morgan fingerprint density at radius 3 is 2.51 bits per heavy atom. The average molecular weight is 512 g/mol. The summed E-state index contributed by atoms with van der Waals surface area (Å²) in [6.07, 6.45) is -0.157. The Kier molecular flexibility index (Phi) is 7.81. The first kappa shape index (κ1) is 25.0. The summed E-state index contributed by atoms with van der Waals surface area (Å²) < 4.78 is 13.0. The molecule has 1 aromatic heterocycles. The minimum atomic E-state index is -0.157. The third-order valence-corrected chi connectivity index (χ3v) is 7.82. The molecule has 0 unspecified atom stereocenters. The van der Waals surface area contributed by atoms with E-state index in [9.17, 15) is 4.79 Å². The summed E-state index contributed by atoms with van der Waals surface area (Å²) in [5.74, 6) is 0.908. The minimum absolute atomic E-state index is 0.113. The van der Waals surface area contributed by atoms with Crippen LogP contribution in [-0.4, -0.2) is 55.5 Å². The highest BCUT2D eigenvalue weighted by atomic mass is 32.1. The lowest BCUT2D eigenvalue weighted by atomic mass is 10.1. The zero-order valence-corrected chi connectivity index (χ0v) is 21.6. The van der Waals surface area contributed by atoms with E-state index < -0.39 is 0 Å². The Morgan fingerprint density at radius 2 is 1.78 bits per heavy atom. The molecular weight excluding hydrogens is 482 g/mol. The highest BCUT2D eigenvalue weighted by Crippen LogP contribution is 2.28. The molecule has 0 bridgehead atoms. The van der Waals surface area contributed by atoms with Crippen molar-refractivity contribution < 1.29 is 14.3 Å². The Hall–Kier alpha value is -3.70. The van der Waals surface area contributed by atoms with Crippen LogP contribution in [0.4, 0.5) is 0 Å². The summed E-state index contributed by atoms with van der Waals surface area (Å²) in [6.45, 7) is 4.11. The molecule has 1 saturated heterocycles. The third-order valence-electron chi connectivity index (χ3n) is 6.72. The standard InChI is InChI=1S/C30H29N3O3S/c1-35-26-7-4-6-24(17-26)27(36-21-23-11-9-22(19-31)10-12-23)20-32-13-15-33(16-14-32)30(34)29-18-25-5-2-3-8-28(25)37-29/h2-12,17-18,27H,13-16,20-21H2,1H3/t27-/m1/s1. The Labute approximate surface area is 221 Å². The number of ether oxygens (including phenoxy) is 2. The summed E-state index contributed by atoms with van der Waals surface area (Å²) in [6, 6.07) is 27.8. The molecule has 1 aliphatic rings.